The van der Waals surface area contributed by atoms with Crippen LogP contribution in [0.5, 0.6) is 5.75 Å². The van der Waals surface area contributed by atoms with Crippen molar-refractivity contribution in [1.82, 2.24) is 0 Å². The number of rotatable bonds is 3. The minimum atomic E-state index is -5.80. The average Bonchev–Trinajstić information content (AvgIpc) is 2.20. The molecule has 0 radical (unpaired) electrons. The van der Waals surface area contributed by atoms with Gasteiger partial charge in [-0.1, -0.05) is 11.6 Å². The molecule has 0 aliphatic rings. The molecule has 0 fully saturated rings. The molecule has 0 saturated heterocycles. The molecule has 0 aliphatic carbocycles. The average molecular weight is 297 g/mol. The van der Waals surface area contributed by atoms with E-state index in [2.05, 4.69) is 4.74 Å². The standard InChI is InChI=1S/C9H4ClF7O/c10-5-3-4(11)1-2-6(5)18-9(16,17)7(12)8(13,14)15/h1-3,7H. The number of alkyl halides is 6. The van der Waals surface area contributed by atoms with Crippen molar-refractivity contribution in [3.05, 3.63) is 29.0 Å². The van der Waals surface area contributed by atoms with Crippen LogP contribution in [0.4, 0.5) is 30.7 Å². The maximum atomic E-state index is 12.8. The second-order valence-corrected chi connectivity index (χ2v) is 3.55. The Hall–Kier alpha value is -1.18. The van der Waals surface area contributed by atoms with E-state index >= 15 is 0 Å². The lowest BCUT2D eigenvalue weighted by atomic mass is 10.3. The largest absolute Gasteiger partial charge is 0.439 e. The van der Waals surface area contributed by atoms with Gasteiger partial charge in [-0.3, -0.25) is 0 Å². The molecule has 102 valence electrons. The van der Waals surface area contributed by atoms with Crippen molar-refractivity contribution in [1.29, 1.82) is 0 Å². The van der Waals surface area contributed by atoms with Crippen molar-refractivity contribution < 1.29 is 35.5 Å². The highest BCUT2D eigenvalue weighted by molar-refractivity contribution is 6.32. The van der Waals surface area contributed by atoms with Gasteiger partial charge < -0.3 is 4.74 Å². The van der Waals surface area contributed by atoms with Gasteiger partial charge in [0.2, 0.25) is 0 Å². The third-order valence-electron chi connectivity index (χ3n) is 1.72. The quantitative estimate of drug-likeness (QED) is 0.753. The highest BCUT2D eigenvalue weighted by Gasteiger charge is 2.59. The predicted octanol–water partition coefficient (Wildman–Crippen LogP) is 4.35. The normalized spacial score (nSPS) is 14.4. The van der Waals surface area contributed by atoms with E-state index in [0.29, 0.717) is 18.2 Å². The van der Waals surface area contributed by atoms with Gasteiger partial charge >= 0.3 is 12.3 Å². The molecule has 0 heterocycles. The van der Waals surface area contributed by atoms with Crippen LogP contribution in [-0.2, 0) is 0 Å². The zero-order valence-electron chi connectivity index (χ0n) is 8.24. The molecule has 1 aromatic rings. The number of halogens is 8. The van der Waals surface area contributed by atoms with Crippen LogP contribution >= 0.6 is 11.6 Å². The Bertz CT molecular complexity index is 431. The third kappa shape index (κ3) is 3.41. The van der Waals surface area contributed by atoms with E-state index in [1.807, 2.05) is 0 Å². The van der Waals surface area contributed by atoms with Crippen LogP contribution in [0.2, 0.25) is 5.02 Å². The van der Waals surface area contributed by atoms with Gasteiger partial charge in [0, 0.05) is 0 Å². The highest BCUT2D eigenvalue weighted by Crippen LogP contribution is 2.38. The molecule has 0 bridgehead atoms. The van der Waals surface area contributed by atoms with Gasteiger partial charge in [-0.25, -0.2) is 8.78 Å². The fourth-order valence-electron chi connectivity index (χ4n) is 0.947. The number of ether oxygens (including phenoxy) is 1. The third-order valence-corrected chi connectivity index (χ3v) is 2.02. The lowest BCUT2D eigenvalue weighted by Crippen LogP contribution is -2.45. The zero-order valence-corrected chi connectivity index (χ0v) is 9.00. The molecule has 18 heavy (non-hydrogen) atoms. The fraction of sp³-hybridized carbons (Fsp3) is 0.333. The minimum absolute atomic E-state index is 0.536. The second-order valence-electron chi connectivity index (χ2n) is 3.14. The van der Waals surface area contributed by atoms with Crippen molar-refractivity contribution >= 4 is 11.6 Å². The Balaban J connectivity index is 2.95. The first-order valence-corrected chi connectivity index (χ1v) is 4.64. The Labute approximate surface area is 101 Å². The van der Waals surface area contributed by atoms with E-state index in [0.717, 1.165) is 0 Å². The van der Waals surface area contributed by atoms with Gasteiger partial charge in [-0.2, -0.15) is 22.0 Å². The van der Waals surface area contributed by atoms with Crippen LogP contribution in [0, 0.1) is 5.82 Å². The van der Waals surface area contributed by atoms with Crippen molar-refractivity contribution in [3.63, 3.8) is 0 Å². The summed E-state index contributed by atoms with van der Waals surface area (Å²) in [6.07, 6.45) is -15.5. The number of hydrogen-bond acceptors (Lipinski definition) is 1. The first kappa shape index (κ1) is 14.9. The molecule has 0 aliphatic heterocycles. The number of hydrogen-bond donors (Lipinski definition) is 0. The molecule has 0 aromatic heterocycles. The summed E-state index contributed by atoms with van der Waals surface area (Å²) in [6, 6.07) is 1.72. The van der Waals surface area contributed by atoms with Crippen LogP contribution in [-0.4, -0.2) is 18.5 Å². The summed E-state index contributed by atoms with van der Waals surface area (Å²) in [5.41, 5.74) is 0. The van der Waals surface area contributed by atoms with E-state index in [9.17, 15) is 30.7 Å². The zero-order chi connectivity index (χ0) is 14.1. The van der Waals surface area contributed by atoms with Gasteiger partial charge in [0.15, 0.2) is 0 Å². The molecule has 1 nitrogen and oxygen atoms in total. The monoisotopic (exact) mass is 296 g/mol. The lowest BCUT2D eigenvalue weighted by Gasteiger charge is -2.23. The van der Waals surface area contributed by atoms with Crippen LogP contribution in [0.1, 0.15) is 0 Å². The molecule has 1 aromatic carbocycles. The fourth-order valence-corrected chi connectivity index (χ4v) is 1.15. The predicted molar refractivity (Wildman–Crippen MR) is 47.9 cm³/mol. The van der Waals surface area contributed by atoms with Gasteiger partial charge in [-0.15, -0.1) is 0 Å². The Morgan fingerprint density at radius 3 is 2.11 bits per heavy atom. The minimum Gasteiger partial charge on any atom is -0.429 e. The molecular weight excluding hydrogens is 293 g/mol. The molecule has 9 heteroatoms. The van der Waals surface area contributed by atoms with Crippen LogP contribution < -0.4 is 4.74 Å². The maximum Gasteiger partial charge on any atom is 0.439 e. The Morgan fingerprint density at radius 1 is 1.11 bits per heavy atom. The lowest BCUT2D eigenvalue weighted by molar-refractivity contribution is -0.304. The van der Waals surface area contributed by atoms with Crippen molar-refractivity contribution in [2.45, 2.75) is 18.5 Å². The first-order chi connectivity index (χ1) is 8.04. The summed E-state index contributed by atoms with van der Waals surface area (Å²) in [4.78, 5) is 0. The second kappa shape index (κ2) is 4.83. The SMILES string of the molecule is Fc1ccc(OC(F)(F)C(F)C(F)(F)F)c(Cl)c1. The van der Waals surface area contributed by atoms with E-state index in [1.54, 1.807) is 0 Å². The summed E-state index contributed by atoms with van der Waals surface area (Å²) >= 11 is 5.25. The first-order valence-electron chi connectivity index (χ1n) is 4.26. The Morgan fingerprint density at radius 2 is 1.67 bits per heavy atom. The van der Waals surface area contributed by atoms with Crippen LogP contribution in [0.3, 0.4) is 0 Å². The summed E-state index contributed by atoms with van der Waals surface area (Å²) in [5, 5.41) is -0.705. The summed E-state index contributed by atoms with van der Waals surface area (Å²) in [6.45, 7) is 0. The highest BCUT2D eigenvalue weighted by atomic mass is 35.5. The van der Waals surface area contributed by atoms with Crippen LogP contribution in [0.15, 0.2) is 18.2 Å². The van der Waals surface area contributed by atoms with Gasteiger partial charge in [0.1, 0.15) is 11.6 Å². The molecule has 0 spiro atoms. The summed E-state index contributed by atoms with van der Waals surface area (Å²) in [7, 11) is 0. The van der Waals surface area contributed by atoms with Gasteiger partial charge in [0.25, 0.3) is 6.17 Å². The van der Waals surface area contributed by atoms with E-state index in [4.69, 9.17) is 11.6 Å². The molecule has 0 amide bonds. The van der Waals surface area contributed by atoms with E-state index < -0.39 is 35.0 Å². The van der Waals surface area contributed by atoms with E-state index in [1.165, 1.54) is 0 Å². The van der Waals surface area contributed by atoms with Gasteiger partial charge in [-0.05, 0) is 18.2 Å². The molecule has 0 saturated carbocycles. The van der Waals surface area contributed by atoms with Crippen molar-refractivity contribution in [3.8, 4) is 5.75 Å². The molecule has 0 N–H and O–H groups in total. The molecular formula is C9H4ClF7O. The topological polar surface area (TPSA) is 9.23 Å². The summed E-state index contributed by atoms with van der Waals surface area (Å²) in [5.74, 6) is -1.88. The smallest absolute Gasteiger partial charge is 0.429 e. The van der Waals surface area contributed by atoms with Crippen LogP contribution in [0.25, 0.3) is 0 Å². The summed E-state index contributed by atoms with van der Waals surface area (Å²) < 4.78 is 89.5. The van der Waals surface area contributed by atoms with Crippen molar-refractivity contribution in [2.75, 3.05) is 0 Å². The van der Waals surface area contributed by atoms with Gasteiger partial charge in [0.05, 0.1) is 5.02 Å². The molecule has 1 unspecified atom stereocenters. The maximum absolute atomic E-state index is 12.8. The Kier molecular flexibility index (Phi) is 3.99. The molecule has 1 atom stereocenters. The number of benzene rings is 1. The molecule has 1 rings (SSSR count). The van der Waals surface area contributed by atoms with E-state index in [-0.39, 0.29) is 0 Å². The van der Waals surface area contributed by atoms with Crippen molar-refractivity contribution in [2.24, 2.45) is 0 Å².